The van der Waals surface area contributed by atoms with Crippen molar-refractivity contribution in [3.05, 3.63) is 10.0 Å². The molecule has 62 valence electrons. The van der Waals surface area contributed by atoms with E-state index >= 15 is 0 Å². The minimum atomic E-state index is 0.237. The van der Waals surface area contributed by atoms with E-state index in [4.69, 9.17) is 5.11 Å². The molecule has 0 bridgehead atoms. The Labute approximate surface area is 70.1 Å². The Hall–Kier alpha value is -0.480. The summed E-state index contributed by atoms with van der Waals surface area (Å²) < 4.78 is 0. The van der Waals surface area contributed by atoms with E-state index in [-0.39, 0.29) is 6.61 Å². The van der Waals surface area contributed by atoms with Crippen LogP contribution < -0.4 is 0 Å². The number of rotatable bonds is 4. The predicted octanol–water partition coefficient (Wildman–Crippen LogP) is 1.03. The fourth-order valence-electron chi connectivity index (χ4n) is 0.763. The molecule has 0 radical (unpaired) electrons. The molecule has 0 spiro atoms. The lowest BCUT2D eigenvalue weighted by atomic mass is 10.3. The molecule has 0 aliphatic rings. The summed E-state index contributed by atoms with van der Waals surface area (Å²) in [6, 6.07) is 0. The zero-order valence-corrected chi connectivity index (χ0v) is 7.39. The minimum Gasteiger partial charge on any atom is -0.396 e. The standard InChI is InChI=1S/C7H12N2OS/c1-2-6-8-9-7(11-6)4-3-5-10/h10H,2-5H2,1H3. The van der Waals surface area contributed by atoms with Gasteiger partial charge in [0, 0.05) is 13.0 Å². The Morgan fingerprint density at radius 2 is 2.09 bits per heavy atom. The minimum absolute atomic E-state index is 0.237. The van der Waals surface area contributed by atoms with E-state index in [2.05, 4.69) is 17.1 Å². The highest BCUT2D eigenvalue weighted by molar-refractivity contribution is 7.11. The van der Waals surface area contributed by atoms with Crippen LogP contribution in [0.25, 0.3) is 0 Å². The summed E-state index contributed by atoms with van der Waals surface area (Å²) in [6.45, 7) is 2.30. The maximum absolute atomic E-state index is 8.55. The van der Waals surface area contributed by atoms with Gasteiger partial charge >= 0.3 is 0 Å². The predicted molar refractivity (Wildman–Crippen MR) is 44.7 cm³/mol. The van der Waals surface area contributed by atoms with Gasteiger partial charge in [0.05, 0.1) is 0 Å². The lowest BCUT2D eigenvalue weighted by Crippen LogP contribution is -1.87. The van der Waals surface area contributed by atoms with Gasteiger partial charge in [-0.1, -0.05) is 6.92 Å². The number of hydrogen-bond donors (Lipinski definition) is 1. The van der Waals surface area contributed by atoms with Crippen molar-refractivity contribution >= 4 is 11.3 Å². The fourth-order valence-corrected chi connectivity index (χ4v) is 1.59. The molecule has 4 heteroatoms. The van der Waals surface area contributed by atoms with Crippen LogP contribution in [-0.2, 0) is 12.8 Å². The van der Waals surface area contributed by atoms with Crippen molar-refractivity contribution in [2.24, 2.45) is 0 Å². The first-order valence-corrected chi connectivity index (χ1v) is 4.60. The van der Waals surface area contributed by atoms with Crippen molar-refractivity contribution in [1.82, 2.24) is 10.2 Å². The summed E-state index contributed by atoms with van der Waals surface area (Å²) in [4.78, 5) is 0. The molecular weight excluding hydrogens is 160 g/mol. The molecule has 0 saturated heterocycles. The average Bonchev–Trinajstić information content (AvgIpc) is 2.48. The Bertz CT molecular complexity index is 212. The zero-order valence-electron chi connectivity index (χ0n) is 6.58. The first kappa shape index (κ1) is 8.62. The number of aromatic nitrogens is 2. The van der Waals surface area contributed by atoms with Gasteiger partial charge < -0.3 is 5.11 Å². The lowest BCUT2D eigenvalue weighted by molar-refractivity contribution is 0.288. The summed E-state index contributed by atoms with van der Waals surface area (Å²) in [5.41, 5.74) is 0. The van der Waals surface area contributed by atoms with E-state index in [0.717, 1.165) is 29.3 Å². The molecule has 0 fully saturated rings. The lowest BCUT2D eigenvalue weighted by Gasteiger charge is -1.88. The van der Waals surface area contributed by atoms with Crippen molar-refractivity contribution < 1.29 is 5.11 Å². The quantitative estimate of drug-likeness (QED) is 0.737. The zero-order chi connectivity index (χ0) is 8.10. The first-order chi connectivity index (χ1) is 5.36. The van der Waals surface area contributed by atoms with Gasteiger partial charge in [0.25, 0.3) is 0 Å². The third kappa shape index (κ3) is 2.55. The largest absolute Gasteiger partial charge is 0.396 e. The number of aliphatic hydroxyl groups excluding tert-OH is 1. The van der Waals surface area contributed by atoms with Crippen LogP contribution >= 0.6 is 11.3 Å². The summed E-state index contributed by atoms with van der Waals surface area (Å²) in [5, 5.41) is 18.6. The van der Waals surface area contributed by atoms with Crippen LogP contribution in [0.3, 0.4) is 0 Å². The molecule has 1 heterocycles. The van der Waals surface area contributed by atoms with Crippen LogP contribution in [0.2, 0.25) is 0 Å². The molecule has 11 heavy (non-hydrogen) atoms. The average molecular weight is 172 g/mol. The smallest absolute Gasteiger partial charge is 0.117 e. The normalized spacial score (nSPS) is 10.4. The molecule has 0 aliphatic carbocycles. The van der Waals surface area contributed by atoms with Gasteiger partial charge in [-0.25, -0.2) is 0 Å². The van der Waals surface area contributed by atoms with Gasteiger partial charge in [0.15, 0.2) is 0 Å². The SMILES string of the molecule is CCc1nnc(CCCO)s1. The highest BCUT2D eigenvalue weighted by Gasteiger charge is 2.00. The monoisotopic (exact) mass is 172 g/mol. The molecule has 0 atom stereocenters. The third-order valence-electron chi connectivity index (χ3n) is 1.36. The van der Waals surface area contributed by atoms with Crippen LogP contribution in [0.15, 0.2) is 0 Å². The van der Waals surface area contributed by atoms with Crippen molar-refractivity contribution in [1.29, 1.82) is 0 Å². The second-order valence-electron chi connectivity index (χ2n) is 2.27. The van der Waals surface area contributed by atoms with Crippen molar-refractivity contribution in [2.75, 3.05) is 6.61 Å². The fraction of sp³-hybridized carbons (Fsp3) is 0.714. The number of aryl methyl sites for hydroxylation is 2. The van der Waals surface area contributed by atoms with Crippen LogP contribution in [-0.4, -0.2) is 21.9 Å². The summed E-state index contributed by atoms with van der Waals surface area (Å²) in [6.07, 6.45) is 2.60. The van der Waals surface area contributed by atoms with Crippen molar-refractivity contribution in [2.45, 2.75) is 26.2 Å². The maximum Gasteiger partial charge on any atom is 0.117 e. The molecule has 0 unspecified atom stereocenters. The van der Waals surface area contributed by atoms with E-state index in [9.17, 15) is 0 Å². The van der Waals surface area contributed by atoms with Gasteiger partial charge in [-0.05, 0) is 12.8 Å². The Kier molecular flexibility index (Phi) is 3.45. The van der Waals surface area contributed by atoms with Gasteiger partial charge in [-0.15, -0.1) is 21.5 Å². The topological polar surface area (TPSA) is 46.0 Å². The van der Waals surface area contributed by atoms with E-state index in [1.54, 1.807) is 11.3 Å². The Balaban J connectivity index is 2.44. The maximum atomic E-state index is 8.55. The van der Waals surface area contributed by atoms with Crippen molar-refractivity contribution in [3.8, 4) is 0 Å². The molecule has 1 aromatic heterocycles. The molecular formula is C7H12N2OS. The van der Waals surface area contributed by atoms with Crippen LogP contribution in [0.4, 0.5) is 0 Å². The summed E-state index contributed by atoms with van der Waals surface area (Å²) >= 11 is 1.64. The second kappa shape index (κ2) is 4.41. The van der Waals surface area contributed by atoms with Crippen LogP contribution in [0.1, 0.15) is 23.4 Å². The Morgan fingerprint density at radius 1 is 1.36 bits per heavy atom. The third-order valence-corrected chi connectivity index (χ3v) is 2.49. The summed E-state index contributed by atoms with van der Waals surface area (Å²) in [5.74, 6) is 0. The molecule has 3 nitrogen and oxygen atoms in total. The first-order valence-electron chi connectivity index (χ1n) is 3.79. The molecule has 0 aromatic carbocycles. The highest BCUT2D eigenvalue weighted by atomic mass is 32.1. The molecule has 1 N–H and O–H groups in total. The van der Waals surface area contributed by atoms with E-state index < -0.39 is 0 Å². The number of aliphatic hydroxyl groups is 1. The van der Waals surface area contributed by atoms with Gasteiger partial charge in [-0.2, -0.15) is 0 Å². The Morgan fingerprint density at radius 3 is 2.64 bits per heavy atom. The highest BCUT2D eigenvalue weighted by Crippen LogP contribution is 2.11. The van der Waals surface area contributed by atoms with E-state index in [0.29, 0.717) is 0 Å². The molecule has 1 aromatic rings. The van der Waals surface area contributed by atoms with Gasteiger partial charge in [0.2, 0.25) is 0 Å². The second-order valence-corrected chi connectivity index (χ2v) is 3.42. The van der Waals surface area contributed by atoms with E-state index in [1.807, 2.05) is 0 Å². The molecule has 0 amide bonds. The number of hydrogen-bond acceptors (Lipinski definition) is 4. The van der Waals surface area contributed by atoms with E-state index in [1.165, 1.54) is 0 Å². The number of nitrogens with zero attached hydrogens (tertiary/aromatic N) is 2. The molecule has 0 aliphatic heterocycles. The van der Waals surface area contributed by atoms with Crippen LogP contribution in [0, 0.1) is 0 Å². The molecule has 0 saturated carbocycles. The van der Waals surface area contributed by atoms with Crippen molar-refractivity contribution in [3.63, 3.8) is 0 Å². The van der Waals surface area contributed by atoms with Gasteiger partial charge in [0.1, 0.15) is 10.0 Å². The van der Waals surface area contributed by atoms with Gasteiger partial charge in [-0.3, -0.25) is 0 Å². The molecule has 1 rings (SSSR count). The van der Waals surface area contributed by atoms with Crippen LogP contribution in [0.5, 0.6) is 0 Å². The summed E-state index contributed by atoms with van der Waals surface area (Å²) in [7, 11) is 0.